The van der Waals surface area contributed by atoms with Crippen molar-refractivity contribution in [1.29, 1.82) is 0 Å². The quantitative estimate of drug-likeness (QED) is 0.627. The third-order valence-corrected chi connectivity index (χ3v) is 5.36. The number of aliphatic carboxylic acids is 1. The molecule has 2 aromatic carbocycles. The second-order valence-corrected chi connectivity index (χ2v) is 7.93. The standard InChI is InChI=1S/C20H20N2O5S/c1-2-13(20(23)24)12-17-22-18(14-6-4-3-5-7-14)19(27-17)15-8-10-16(11-9-15)28(21,25)26/h3-11,13H,2,12H2,1H3,(H,23,24)(H2,21,25,26). The summed E-state index contributed by atoms with van der Waals surface area (Å²) in [6, 6.07) is 15.3. The van der Waals surface area contributed by atoms with Gasteiger partial charge < -0.3 is 9.52 Å². The highest BCUT2D eigenvalue weighted by atomic mass is 32.2. The van der Waals surface area contributed by atoms with Crippen molar-refractivity contribution >= 4 is 16.0 Å². The lowest BCUT2D eigenvalue weighted by molar-refractivity contribution is -0.141. The van der Waals surface area contributed by atoms with E-state index in [1.165, 1.54) is 12.1 Å². The van der Waals surface area contributed by atoms with Crippen LogP contribution in [0.2, 0.25) is 0 Å². The van der Waals surface area contributed by atoms with Gasteiger partial charge in [0.1, 0.15) is 5.69 Å². The van der Waals surface area contributed by atoms with Gasteiger partial charge >= 0.3 is 5.97 Å². The zero-order chi connectivity index (χ0) is 20.3. The summed E-state index contributed by atoms with van der Waals surface area (Å²) < 4.78 is 28.9. The minimum atomic E-state index is -3.80. The Morgan fingerprint density at radius 1 is 1.11 bits per heavy atom. The highest BCUT2D eigenvalue weighted by Gasteiger charge is 2.22. The number of carboxylic acids is 1. The van der Waals surface area contributed by atoms with E-state index >= 15 is 0 Å². The molecule has 0 aliphatic carbocycles. The molecule has 0 saturated carbocycles. The van der Waals surface area contributed by atoms with Crippen LogP contribution in [0.3, 0.4) is 0 Å². The first-order chi connectivity index (χ1) is 13.3. The SMILES string of the molecule is CCC(Cc1nc(-c2ccccc2)c(-c2ccc(S(N)(=O)=O)cc2)o1)C(=O)O. The van der Waals surface area contributed by atoms with Crippen LogP contribution in [0.1, 0.15) is 19.2 Å². The molecule has 0 aliphatic rings. The van der Waals surface area contributed by atoms with Gasteiger partial charge in [0.15, 0.2) is 11.7 Å². The fraction of sp³-hybridized carbons (Fsp3) is 0.200. The normalized spacial score (nSPS) is 12.6. The lowest BCUT2D eigenvalue weighted by atomic mass is 10.0. The Morgan fingerprint density at radius 3 is 2.29 bits per heavy atom. The molecule has 1 aromatic heterocycles. The highest BCUT2D eigenvalue weighted by molar-refractivity contribution is 7.89. The van der Waals surface area contributed by atoms with Crippen LogP contribution in [-0.4, -0.2) is 24.5 Å². The Balaban J connectivity index is 2.07. The number of nitrogens with zero attached hydrogens (tertiary/aromatic N) is 1. The predicted molar refractivity (Wildman–Crippen MR) is 104 cm³/mol. The number of oxazole rings is 1. The van der Waals surface area contributed by atoms with Crippen LogP contribution in [-0.2, 0) is 21.2 Å². The maximum atomic E-state index is 11.5. The number of rotatable bonds is 7. The monoisotopic (exact) mass is 400 g/mol. The van der Waals surface area contributed by atoms with Crippen LogP contribution >= 0.6 is 0 Å². The highest BCUT2D eigenvalue weighted by Crippen LogP contribution is 2.34. The average Bonchev–Trinajstić information content (AvgIpc) is 3.10. The van der Waals surface area contributed by atoms with E-state index in [0.29, 0.717) is 29.3 Å². The Morgan fingerprint density at radius 2 is 1.75 bits per heavy atom. The Labute approximate surface area is 162 Å². The third kappa shape index (κ3) is 4.29. The van der Waals surface area contributed by atoms with E-state index < -0.39 is 21.9 Å². The molecule has 3 N–H and O–H groups in total. The molecule has 3 rings (SSSR count). The van der Waals surface area contributed by atoms with Crippen molar-refractivity contribution in [3.63, 3.8) is 0 Å². The average molecular weight is 400 g/mol. The van der Waals surface area contributed by atoms with Crippen molar-refractivity contribution in [2.24, 2.45) is 11.1 Å². The van der Waals surface area contributed by atoms with Crippen molar-refractivity contribution in [1.82, 2.24) is 4.98 Å². The second-order valence-electron chi connectivity index (χ2n) is 6.37. The number of primary sulfonamides is 1. The molecule has 1 heterocycles. The van der Waals surface area contributed by atoms with Gasteiger partial charge in [0.05, 0.1) is 10.8 Å². The zero-order valence-electron chi connectivity index (χ0n) is 15.2. The van der Waals surface area contributed by atoms with Crippen LogP contribution < -0.4 is 5.14 Å². The maximum Gasteiger partial charge on any atom is 0.307 e. The largest absolute Gasteiger partial charge is 0.481 e. The molecule has 7 nitrogen and oxygen atoms in total. The molecule has 0 amide bonds. The topological polar surface area (TPSA) is 123 Å². The van der Waals surface area contributed by atoms with Gasteiger partial charge in [-0.15, -0.1) is 0 Å². The summed E-state index contributed by atoms with van der Waals surface area (Å²) in [5, 5.41) is 14.5. The van der Waals surface area contributed by atoms with Crippen LogP contribution in [0.4, 0.5) is 0 Å². The minimum absolute atomic E-state index is 0.00539. The first kappa shape index (κ1) is 19.8. The van der Waals surface area contributed by atoms with Gasteiger partial charge in [0.25, 0.3) is 0 Å². The molecular formula is C20H20N2O5S. The van der Waals surface area contributed by atoms with E-state index in [0.717, 1.165) is 5.56 Å². The summed E-state index contributed by atoms with van der Waals surface area (Å²) in [6.07, 6.45) is 0.623. The molecule has 0 spiro atoms. The van der Waals surface area contributed by atoms with Gasteiger partial charge in [-0.05, 0) is 30.7 Å². The van der Waals surface area contributed by atoms with Crippen molar-refractivity contribution in [3.05, 3.63) is 60.5 Å². The molecule has 3 aromatic rings. The van der Waals surface area contributed by atoms with Crippen molar-refractivity contribution in [3.8, 4) is 22.6 Å². The molecule has 0 aliphatic heterocycles. The molecule has 0 radical (unpaired) electrons. The van der Waals surface area contributed by atoms with Crippen LogP contribution in [0.25, 0.3) is 22.6 Å². The first-order valence-corrected chi connectivity index (χ1v) is 10.3. The lowest BCUT2D eigenvalue weighted by Gasteiger charge is -2.05. The third-order valence-electron chi connectivity index (χ3n) is 4.43. The van der Waals surface area contributed by atoms with Crippen molar-refractivity contribution in [2.45, 2.75) is 24.7 Å². The van der Waals surface area contributed by atoms with E-state index in [9.17, 15) is 18.3 Å². The summed E-state index contributed by atoms with van der Waals surface area (Å²) >= 11 is 0. The number of carbonyl (C=O) groups is 1. The maximum absolute atomic E-state index is 11.5. The van der Waals surface area contributed by atoms with E-state index in [4.69, 9.17) is 9.56 Å². The fourth-order valence-corrected chi connectivity index (χ4v) is 3.37. The van der Waals surface area contributed by atoms with E-state index in [1.807, 2.05) is 30.3 Å². The number of carboxylic acid groups (broad SMARTS) is 1. The Kier molecular flexibility index (Phi) is 5.62. The van der Waals surface area contributed by atoms with Crippen LogP contribution in [0.15, 0.2) is 63.9 Å². The summed E-state index contributed by atoms with van der Waals surface area (Å²) in [5.74, 6) is -0.734. The Bertz CT molecular complexity index is 1070. The molecule has 0 saturated heterocycles. The smallest absolute Gasteiger partial charge is 0.307 e. The first-order valence-electron chi connectivity index (χ1n) is 8.70. The van der Waals surface area contributed by atoms with Crippen LogP contribution in [0, 0.1) is 5.92 Å². The fourth-order valence-electron chi connectivity index (χ4n) is 2.85. The van der Waals surface area contributed by atoms with E-state index in [2.05, 4.69) is 4.98 Å². The number of aromatic nitrogens is 1. The van der Waals surface area contributed by atoms with Gasteiger partial charge in [-0.1, -0.05) is 37.3 Å². The van der Waals surface area contributed by atoms with E-state index in [-0.39, 0.29) is 11.3 Å². The van der Waals surface area contributed by atoms with Crippen molar-refractivity contribution in [2.75, 3.05) is 0 Å². The van der Waals surface area contributed by atoms with Gasteiger partial charge in [0.2, 0.25) is 10.0 Å². The van der Waals surface area contributed by atoms with Gasteiger partial charge in [-0.3, -0.25) is 4.79 Å². The number of hydrogen-bond acceptors (Lipinski definition) is 5. The van der Waals surface area contributed by atoms with E-state index in [1.54, 1.807) is 19.1 Å². The van der Waals surface area contributed by atoms with Crippen LogP contribution in [0.5, 0.6) is 0 Å². The molecule has 28 heavy (non-hydrogen) atoms. The second kappa shape index (κ2) is 7.95. The molecule has 8 heteroatoms. The summed E-state index contributed by atoms with van der Waals surface area (Å²) in [5.41, 5.74) is 2.00. The van der Waals surface area contributed by atoms with Gasteiger partial charge in [-0.25, -0.2) is 18.5 Å². The molecule has 0 fully saturated rings. The van der Waals surface area contributed by atoms with Gasteiger partial charge in [-0.2, -0.15) is 0 Å². The number of sulfonamides is 1. The number of nitrogens with two attached hydrogens (primary N) is 1. The number of benzene rings is 2. The molecular weight excluding hydrogens is 380 g/mol. The summed E-state index contributed by atoms with van der Waals surface area (Å²) in [6.45, 7) is 1.80. The molecule has 1 atom stereocenters. The number of hydrogen-bond donors (Lipinski definition) is 2. The molecule has 0 bridgehead atoms. The minimum Gasteiger partial charge on any atom is -0.481 e. The molecule has 146 valence electrons. The zero-order valence-corrected chi connectivity index (χ0v) is 16.0. The molecule has 1 unspecified atom stereocenters. The Hall–Kier alpha value is -2.97. The van der Waals surface area contributed by atoms with Gasteiger partial charge in [0, 0.05) is 17.5 Å². The lowest BCUT2D eigenvalue weighted by Crippen LogP contribution is -2.15. The summed E-state index contributed by atoms with van der Waals surface area (Å²) in [4.78, 5) is 15.9. The van der Waals surface area contributed by atoms with Crippen molar-refractivity contribution < 1.29 is 22.7 Å². The predicted octanol–water partition coefficient (Wildman–Crippen LogP) is 3.31. The summed E-state index contributed by atoms with van der Waals surface area (Å²) in [7, 11) is -3.80.